The summed E-state index contributed by atoms with van der Waals surface area (Å²) in [6.07, 6.45) is 0.954. The number of rotatable bonds is 9. The normalized spacial score (nSPS) is 13.8. The first kappa shape index (κ1) is 17.2. The molecule has 1 aromatic heterocycles. The number of hydrogen-bond acceptors (Lipinski definition) is 4. The summed E-state index contributed by atoms with van der Waals surface area (Å²) in [5.41, 5.74) is 0. The Labute approximate surface area is 122 Å². The maximum absolute atomic E-state index is 12.5. The predicted molar refractivity (Wildman–Crippen MR) is 80.0 cm³/mol. The Morgan fingerprint density at radius 2 is 2.00 bits per heavy atom. The second-order valence-electron chi connectivity index (χ2n) is 4.97. The summed E-state index contributed by atoms with van der Waals surface area (Å²) in [6.45, 7) is 10.3. The van der Waals surface area contributed by atoms with E-state index in [1.54, 1.807) is 12.1 Å². The minimum Gasteiger partial charge on any atom is -0.447 e. The van der Waals surface area contributed by atoms with Gasteiger partial charge in [-0.3, -0.25) is 0 Å². The molecule has 6 heteroatoms. The molecule has 0 fully saturated rings. The summed E-state index contributed by atoms with van der Waals surface area (Å²) < 4.78 is 32.0. The van der Waals surface area contributed by atoms with Crippen molar-refractivity contribution < 1.29 is 12.8 Å². The SMILES string of the molecule is CCNCc1ccc(S(=O)(=O)N(CC)CC(C)CC)o1. The van der Waals surface area contributed by atoms with Gasteiger partial charge in [0.05, 0.1) is 6.54 Å². The number of sulfonamides is 1. The quantitative estimate of drug-likeness (QED) is 0.761. The van der Waals surface area contributed by atoms with Crippen LogP contribution < -0.4 is 5.32 Å². The highest BCUT2D eigenvalue weighted by Crippen LogP contribution is 2.20. The Balaban J connectivity index is 2.87. The van der Waals surface area contributed by atoms with Gasteiger partial charge in [0.25, 0.3) is 10.0 Å². The monoisotopic (exact) mass is 302 g/mol. The highest BCUT2D eigenvalue weighted by Gasteiger charge is 2.27. The fourth-order valence-electron chi connectivity index (χ4n) is 1.84. The highest BCUT2D eigenvalue weighted by atomic mass is 32.2. The van der Waals surface area contributed by atoms with Crippen LogP contribution in [0.25, 0.3) is 0 Å². The molecular formula is C14H26N2O3S. The third-order valence-electron chi connectivity index (χ3n) is 3.35. The molecule has 0 amide bonds. The Kier molecular flexibility index (Phi) is 6.71. The molecule has 20 heavy (non-hydrogen) atoms. The second-order valence-corrected chi connectivity index (χ2v) is 6.84. The smallest absolute Gasteiger partial charge is 0.276 e. The Morgan fingerprint density at radius 1 is 1.30 bits per heavy atom. The summed E-state index contributed by atoms with van der Waals surface area (Å²) in [5.74, 6) is 0.978. The summed E-state index contributed by atoms with van der Waals surface area (Å²) in [6, 6.07) is 3.26. The van der Waals surface area contributed by atoms with Gasteiger partial charge in [-0.2, -0.15) is 4.31 Å². The van der Waals surface area contributed by atoms with Crippen molar-refractivity contribution in [2.75, 3.05) is 19.6 Å². The summed E-state index contributed by atoms with van der Waals surface area (Å²) in [7, 11) is -3.52. The van der Waals surface area contributed by atoms with E-state index in [-0.39, 0.29) is 5.09 Å². The molecule has 1 N–H and O–H groups in total. The largest absolute Gasteiger partial charge is 0.447 e. The van der Waals surface area contributed by atoms with Crippen molar-refractivity contribution in [3.8, 4) is 0 Å². The third-order valence-corrected chi connectivity index (χ3v) is 5.16. The van der Waals surface area contributed by atoms with E-state index in [2.05, 4.69) is 19.2 Å². The zero-order chi connectivity index (χ0) is 15.2. The standard InChI is InChI=1S/C14H26N2O3S/c1-5-12(4)11-16(7-3)20(17,18)14-9-8-13(19-14)10-15-6-2/h8-9,12,15H,5-7,10-11H2,1-4H3. The Hall–Kier alpha value is -0.850. The van der Waals surface area contributed by atoms with Crippen molar-refractivity contribution in [3.63, 3.8) is 0 Å². The van der Waals surface area contributed by atoms with Gasteiger partial charge >= 0.3 is 0 Å². The van der Waals surface area contributed by atoms with Gasteiger partial charge in [0.15, 0.2) is 0 Å². The van der Waals surface area contributed by atoms with Crippen LogP contribution in [0.1, 0.15) is 39.9 Å². The lowest BCUT2D eigenvalue weighted by Crippen LogP contribution is -2.34. The van der Waals surface area contributed by atoms with Crippen molar-refractivity contribution in [2.24, 2.45) is 5.92 Å². The van der Waals surface area contributed by atoms with Gasteiger partial charge in [-0.25, -0.2) is 8.42 Å². The molecule has 0 saturated heterocycles. The first-order valence-electron chi connectivity index (χ1n) is 7.25. The second kappa shape index (κ2) is 7.81. The van der Waals surface area contributed by atoms with E-state index in [1.807, 2.05) is 13.8 Å². The van der Waals surface area contributed by atoms with E-state index in [1.165, 1.54) is 4.31 Å². The van der Waals surface area contributed by atoms with E-state index in [4.69, 9.17) is 4.42 Å². The molecule has 0 bridgehead atoms. The number of hydrogen-bond donors (Lipinski definition) is 1. The van der Waals surface area contributed by atoms with Crippen molar-refractivity contribution in [1.29, 1.82) is 0 Å². The molecule has 1 unspecified atom stereocenters. The van der Waals surface area contributed by atoms with Crippen molar-refractivity contribution in [2.45, 2.75) is 45.8 Å². The van der Waals surface area contributed by atoms with Gasteiger partial charge in [0.1, 0.15) is 5.76 Å². The Morgan fingerprint density at radius 3 is 2.55 bits per heavy atom. The van der Waals surface area contributed by atoms with Gasteiger partial charge in [-0.05, 0) is 24.6 Å². The zero-order valence-electron chi connectivity index (χ0n) is 12.8. The molecule has 1 aromatic rings. The lowest BCUT2D eigenvalue weighted by molar-refractivity contribution is 0.338. The van der Waals surface area contributed by atoms with Crippen LogP contribution in [0.4, 0.5) is 0 Å². The summed E-state index contributed by atoms with van der Waals surface area (Å²) >= 11 is 0. The van der Waals surface area contributed by atoms with Gasteiger partial charge in [-0.1, -0.05) is 34.1 Å². The topological polar surface area (TPSA) is 62.6 Å². The van der Waals surface area contributed by atoms with E-state index in [9.17, 15) is 8.42 Å². The van der Waals surface area contributed by atoms with Crippen molar-refractivity contribution in [1.82, 2.24) is 9.62 Å². The molecule has 0 aromatic carbocycles. The Bertz CT molecular complexity index is 496. The predicted octanol–water partition coefficient (Wildman–Crippen LogP) is 2.45. The molecule has 1 rings (SSSR count). The zero-order valence-corrected chi connectivity index (χ0v) is 13.7. The van der Waals surface area contributed by atoms with Gasteiger partial charge in [-0.15, -0.1) is 0 Å². The third kappa shape index (κ3) is 4.33. The first-order chi connectivity index (χ1) is 9.45. The van der Waals surface area contributed by atoms with E-state index in [0.29, 0.717) is 31.3 Å². The number of nitrogens with one attached hydrogen (secondary N) is 1. The van der Waals surface area contributed by atoms with Crippen LogP contribution in [-0.4, -0.2) is 32.4 Å². The lowest BCUT2D eigenvalue weighted by Gasteiger charge is -2.22. The molecule has 0 aliphatic rings. The van der Waals surface area contributed by atoms with Gasteiger partial charge in [0.2, 0.25) is 5.09 Å². The van der Waals surface area contributed by atoms with Crippen LogP contribution in [0, 0.1) is 5.92 Å². The first-order valence-corrected chi connectivity index (χ1v) is 8.69. The van der Waals surface area contributed by atoms with Gasteiger partial charge < -0.3 is 9.73 Å². The van der Waals surface area contributed by atoms with E-state index in [0.717, 1.165) is 13.0 Å². The number of nitrogens with zero attached hydrogens (tertiary/aromatic N) is 1. The molecule has 0 aliphatic heterocycles. The molecule has 1 atom stereocenters. The molecule has 0 aliphatic carbocycles. The van der Waals surface area contributed by atoms with Crippen LogP contribution in [-0.2, 0) is 16.6 Å². The minimum absolute atomic E-state index is 0.0376. The van der Waals surface area contributed by atoms with Crippen molar-refractivity contribution in [3.05, 3.63) is 17.9 Å². The molecule has 116 valence electrons. The van der Waals surface area contributed by atoms with Crippen LogP contribution in [0.2, 0.25) is 0 Å². The van der Waals surface area contributed by atoms with Gasteiger partial charge in [0, 0.05) is 13.1 Å². The van der Waals surface area contributed by atoms with Crippen LogP contribution >= 0.6 is 0 Å². The van der Waals surface area contributed by atoms with E-state index < -0.39 is 10.0 Å². The maximum atomic E-state index is 12.5. The van der Waals surface area contributed by atoms with E-state index >= 15 is 0 Å². The van der Waals surface area contributed by atoms with Crippen LogP contribution in [0.3, 0.4) is 0 Å². The summed E-state index contributed by atoms with van der Waals surface area (Å²) in [4.78, 5) is 0. The molecule has 0 radical (unpaired) electrons. The average molecular weight is 302 g/mol. The maximum Gasteiger partial charge on any atom is 0.276 e. The molecule has 1 heterocycles. The molecular weight excluding hydrogens is 276 g/mol. The van der Waals surface area contributed by atoms with Crippen LogP contribution in [0.15, 0.2) is 21.6 Å². The fourth-order valence-corrected chi connectivity index (χ4v) is 3.34. The lowest BCUT2D eigenvalue weighted by atomic mass is 10.1. The van der Waals surface area contributed by atoms with Crippen molar-refractivity contribution >= 4 is 10.0 Å². The number of furan rings is 1. The minimum atomic E-state index is -3.52. The summed E-state index contributed by atoms with van der Waals surface area (Å²) in [5, 5.41) is 3.15. The fraction of sp³-hybridized carbons (Fsp3) is 0.714. The average Bonchev–Trinajstić information content (AvgIpc) is 2.91. The molecule has 0 saturated carbocycles. The van der Waals surface area contributed by atoms with Crippen LogP contribution in [0.5, 0.6) is 0 Å². The molecule has 5 nitrogen and oxygen atoms in total. The molecule has 0 spiro atoms. The highest BCUT2D eigenvalue weighted by molar-refractivity contribution is 7.89.